The van der Waals surface area contributed by atoms with E-state index in [-0.39, 0.29) is 5.56 Å². The van der Waals surface area contributed by atoms with Crippen molar-refractivity contribution < 1.29 is 4.39 Å². The first-order chi connectivity index (χ1) is 9.55. The van der Waals surface area contributed by atoms with E-state index < -0.39 is 5.82 Å². The average Bonchev–Trinajstić information content (AvgIpc) is 2.40. The maximum atomic E-state index is 13.1. The van der Waals surface area contributed by atoms with Gasteiger partial charge in [0.15, 0.2) is 0 Å². The number of pyridine rings is 1. The van der Waals surface area contributed by atoms with Gasteiger partial charge in [-0.15, -0.1) is 0 Å². The third-order valence-corrected chi connectivity index (χ3v) is 2.81. The van der Waals surface area contributed by atoms with Crippen LogP contribution in [-0.2, 0) is 0 Å². The summed E-state index contributed by atoms with van der Waals surface area (Å²) in [4.78, 5) is 4.22. The van der Waals surface area contributed by atoms with Crippen LogP contribution in [-0.4, -0.2) is 4.98 Å². The molecule has 0 saturated carbocycles. The molecule has 0 aliphatic rings. The first-order valence-corrected chi connectivity index (χ1v) is 5.90. The van der Waals surface area contributed by atoms with Gasteiger partial charge in [0.25, 0.3) is 0 Å². The zero-order valence-electron chi connectivity index (χ0n) is 11.0. The molecule has 0 saturated heterocycles. The number of rotatable bonds is 2. The van der Waals surface area contributed by atoms with Gasteiger partial charge in [-0.1, -0.05) is 0 Å². The topological polar surface area (TPSA) is 72.5 Å². The lowest BCUT2D eigenvalue weighted by Crippen LogP contribution is -2.01. The Morgan fingerprint density at radius 1 is 1.10 bits per heavy atom. The third kappa shape index (κ3) is 2.57. The molecule has 2 aromatic rings. The maximum absolute atomic E-state index is 13.1. The number of nitrogens with zero attached hydrogens (tertiary/aromatic N) is 3. The second-order valence-electron chi connectivity index (χ2n) is 4.31. The van der Waals surface area contributed by atoms with Gasteiger partial charge < -0.3 is 5.32 Å². The van der Waals surface area contributed by atoms with Gasteiger partial charge in [0.2, 0.25) is 0 Å². The number of nitriles is 2. The molecule has 5 heteroatoms. The molecule has 0 radical (unpaired) electrons. The molecule has 98 valence electrons. The molecule has 1 aromatic heterocycles. The number of halogens is 1. The lowest BCUT2D eigenvalue weighted by atomic mass is 10.1. The molecule has 0 spiro atoms. The molecule has 0 unspecified atom stereocenters. The van der Waals surface area contributed by atoms with Crippen LogP contribution in [0, 0.1) is 42.3 Å². The fourth-order valence-electron chi connectivity index (χ4n) is 1.93. The average molecular weight is 266 g/mol. The highest BCUT2D eigenvalue weighted by molar-refractivity contribution is 5.71. The third-order valence-electron chi connectivity index (χ3n) is 2.81. The summed E-state index contributed by atoms with van der Waals surface area (Å²) < 4.78 is 13.1. The summed E-state index contributed by atoms with van der Waals surface area (Å²) in [5, 5.41) is 21.2. The quantitative estimate of drug-likeness (QED) is 0.904. The molecular weight excluding hydrogens is 255 g/mol. The van der Waals surface area contributed by atoms with E-state index in [1.54, 1.807) is 13.0 Å². The number of hydrogen-bond donors (Lipinski definition) is 1. The van der Waals surface area contributed by atoms with Crippen LogP contribution in [0.4, 0.5) is 15.8 Å². The Bertz CT molecular complexity index is 754. The number of aryl methyl sites for hydroxylation is 2. The normalized spacial score (nSPS) is 9.65. The summed E-state index contributed by atoms with van der Waals surface area (Å²) in [6.07, 6.45) is 0. The number of anilines is 2. The molecule has 0 amide bonds. The first kappa shape index (κ1) is 13.5. The van der Waals surface area contributed by atoms with Crippen LogP contribution < -0.4 is 5.32 Å². The van der Waals surface area contributed by atoms with Gasteiger partial charge in [0.1, 0.15) is 18.0 Å². The van der Waals surface area contributed by atoms with E-state index in [9.17, 15) is 9.65 Å². The Hall–Kier alpha value is -2.92. The van der Waals surface area contributed by atoms with Crippen molar-refractivity contribution >= 4 is 11.4 Å². The minimum Gasteiger partial charge on any atom is -0.353 e. The Labute approximate surface area is 116 Å². The largest absolute Gasteiger partial charge is 0.353 e. The van der Waals surface area contributed by atoms with E-state index in [0.717, 1.165) is 11.8 Å². The van der Waals surface area contributed by atoms with Gasteiger partial charge >= 0.3 is 0 Å². The van der Waals surface area contributed by atoms with Crippen LogP contribution in [0.25, 0.3) is 0 Å². The highest BCUT2D eigenvalue weighted by Crippen LogP contribution is 2.25. The second-order valence-corrected chi connectivity index (χ2v) is 4.31. The van der Waals surface area contributed by atoms with Crippen molar-refractivity contribution in [3.05, 3.63) is 52.6 Å². The summed E-state index contributed by atoms with van der Waals surface area (Å²) in [7, 11) is 0. The predicted octanol–water partition coefficient (Wildman–Crippen LogP) is 3.32. The van der Waals surface area contributed by atoms with Crippen molar-refractivity contribution in [2.45, 2.75) is 13.8 Å². The van der Waals surface area contributed by atoms with E-state index in [1.807, 2.05) is 13.0 Å². The van der Waals surface area contributed by atoms with Crippen LogP contribution in [0.2, 0.25) is 0 Å². The SMILES string of the molecule is Cc1cc(Nc2ccc(F)cc2C#N)c(C#N)c(C)n1. The van der Waals surface area contributed by atoms with Gasteiger partial charge in [-0.25, -0.2) is 4.39 Å². The summed E-state index contributed by atoms with van der Waals surface area (Å²) >= 11 is 0. The molecular formula is C15H11FN4. The minimum absolute atomic E-state index is 0.181. The smallest absolute Gasteiger partial charge is 0.124 e. The summed E-state index contributed by atoms with van der Waals surface area (Å²) in [5.74, 6) is -0.477. The van der Waals surface area contributed by atoms with Crippen molar-refractivity contribution in [1.82, 2.24) is 4.98 Å². The molecule has 20 heavy (non-hydrogen) atoms. The minimum atomic E-state index is -0.477. The van der Waals surface area contributed by atoms with Crippen LogP contribution >= 0.6 is 0 Å². The van der Waals surface area contributed by atoms with Crippen molar-refractivity contribution in [3.8, 4) is 12.1 Å². The Morgan fingerprint density at radius 2 is 1.85 bits per heavy atom. The lowest BCUT2D eigenvalue weighted by molar-refractivity contribution is 0.627. The maximum Gasteiger partial charge on any atom is 0.124 e. The van der Waals surface area contributed by atoms with Gasteiger partial charge in [-0.05, 0) is 38.1 Å². The highest BCUT2D eigenvalue weighted by Gasteiger charge is 2.10. The number of aromatic nitrogens is 1. The molecule has 0 aliphatic heterocycles. The van der Waals surface area contributed by atoms with E-state index in [1.165, 1.54) is 12.1 Å². The van der Waals surface area contributed by atoms with Gasteiger partial charge in [0, 0.05) is 5.69 Å². The van der Waals surface area contributed by atoms with Gasteiger partial charge in [-0.2, -0.15) is 10.5 Å². The standard InChI is InChI=1S/C15H11FN4/c1-9-5-15(13(8-18)10(2)19-9)20-14-4-3-12(16)6-11(14)7-17/h3-6H,1-2H3,(H,19,20). The van der Waals surface area contributed by atoms with Gasteiger partial charge in [0.05, 0.1) is 28.2 Å². The highest BCUT2D eigenvalue weighted by atomic mass is 19.1. The van der Waals surface area contributed by atoms with Gasteiger partial charge in [-0.3, -0.25) is 4.98 Å². The molecule has 0 atom stereocenters. The zero-order chi connectivity index (χ0) is 14.7. The lowest BCUT2D eigenvalue weighted by Gasteiger charge is -2.12. The van der Waals surface area contributed by atoms with Crippen molar-refractivity contribution in [2.24, 2.45) is 0 Å². The summed E-state index contributed by atoms with van der Waals surface area (Å²) in [6.45, 7) is 3.56. The Morgan fingerprint density at radius 3 is 2.50 bits per heavy atom. The number of benzene rings is 1. The molecule has 1 heterocycles. The Kier molecular flexibility index (Phi) is 3.63. The molecule has 1 N–H and O–H groups in total. The van der Waals surface area contributed by atoms with E-state index in [4.69, 9.17) is 5.26 Å². The fourth-order valence-corrected chi connectivity index (χ4v) is 1.93. The van der Waals surface area contributed by atoms with Crippen molar-refractivity contribution in [1.29, 1.82) is 10.5 Å². The molecule has 0 bridgehead atoms. The van der Waals surface area contributed by atoms with E-state index in [0.29, 0.717) is 22.6 Å². The van der Waals surface area contributed by atoms with E-state index in [2.05, 4.69) is 16.4 Å². The van der Waals surface area contributed by atoms with Crippen molar-refractivity contribution in [2.75, 3.05) is 5.32 Å². The summed E-state index contributed by atoms with van der Waals surface area (Å²) in [5.41, 5.74) is 2.96. The summed E-state index contributed by atoms with van der Waals surface area (Å²) in [6, 6.07) is 9.60. The predicted molar refractivity (Wildman–Crippen MR) is 72.8 cm³/mol. The fraction of sp³-hybridized carbons (Fsp3) is 0.133. The van der Waals surface area contributed by atoms with Crippen LogP contribution in [0.5, 0.6) is 0 Å². The van der Waals surface area contributed by atoms with Crippen LogP contribution in [0.15, 0.2) is 24.3 Å². The number of hydrogen-bond acceptors (Lipinski definition) is 4. The zero-order valence-corrected chi connectivity index (χ0v) is 11.0. The molecule has 0 aliphatic carbocycles. The first-order valence-electron chi connectivity index (χ1n) is 5.90. The molecule has 0 fully saturated rings. The molecule has 4 nitrogen and oxygen atoms in total. The Balaban J connectivity index is 2.51. The van der Waals surface area contributed by atoms with Crippen LogP contribution in [0.3, 0.4) is 0 Å². The number of nitrogens with one attached hydrogen (secondary N) is 1. The van der Waals surface area contributed by atoms with E-state index >= 15 is 0 Å². The molecule has 1 aromatic carbocycles. The van der Waals surface area contributed by atoms with Crippen LogP contribution in [0.1, 0.15) is 22.5 Å². The second kappa shape index (κ2) is 5.38. The van der Waals surface area contributed by atoms with Crippen molar-refractivity contribution in [3.63, 3.8) is 0 Å². The molecule has 2 rings (SSSR count). The monoisotopic (exact) mass is 266 g/mol.